The molecular formula is C21H21ClN2O3S. The molecule has 7 heteroatoms. The molecule has 5 nitrogen and oxygen atoms in total. The van der Waals surface area contributed by atoms with Gasteiger partial charge in [0.15, 0.2) is 0 Å². The van der Waals surface area contributed by atoms with Crippen molar-refractivity contribution in [3.63, 3.8) is 0 Å². The van der Waals surface area contributed by atoms with Crippen LogP contribution in [-0.2, 0) is 20.7 Å². The molecule has 0 saturated heterocycles. The monoisotopic (exact) mass is 416 g/mol. The molecule has 1 amide bonds. The summed E-state index contributed by atoms with van der Waals surface area (Å²) in [6.07, 6.45) is 1.87. The molecule has 146 valence electrons. The van der Waals surface area contributed by atoms with Gasteiger partial charge in [-0.05, 0) is 42.7 Å². The van der Waals surface area contributed by atoms with Crippen molar-refractivity contribution in [2.45, 2.75) is 31.7 Å². The Morgan fingerprint density at radius 3 is 2.64 bits per heavy atom. The van der Waals surface area contributed by atoms with Crippen LogP contribution in [0.25, 0.3) is 10.2 Å². The molecule has 1 aromatic heterocycles. The Bertz CT molecular complexity index is 923. The van der Waals surface area contributed by atoms with Crippen molar-refractivity contribution in [3.8, 4) is 0 Å². The molecule has 1 atom stereocenters. The van der Waals surface area contributed by atoms with Crippen LogP contribution in [0, 0.1) is 0 Å². The van der Waals surface area contributed by atoms with E-state index in [9.17, 15) is 9.59 Å². The highest BCUT2D eigenvalue weighted by Gasteiger charge is 2.19. The van der Waals surface area contributed by atoms with E-state index in [1.165, 1.54) is 7.11 Å². The minimum absolute atomic E-state index is 0.0712. The number of rotatable bonds is 8. The first-order valence-corrected chi connectivity index (χ1v) is 10.2. The second kappa shape index (κ2) is 9.66. The Morgan fingerprint density at radius 1 is 1.18 bits per heavy atom. The van der Waals surface area contributed by atoms with Crippen molar-refractivity contribution in [3.05, 3.63) is 64.1 Å². The van der Waals surface area contributed by atoms with E-state index >= 15 is 0 Å². The maximum Gasteiger partial charge on any atom is 0.307 e. The lowest BCUT2D eigenvalue weighted by molar-refractivity contribution is -0.141. The van der Waals surface area contributed by atoms with E-state index in [-0.39, 0.29) is 18.3 Å². The van der Waals surface area contributed by atoms with Gasteiger partial charge in [0.2, 0.25) is 5.91 Å². The minimum Gasteiger partial charge on any atom is -0.469 e. The predicted molar refractivity (Wildman–Crippen MR) is 112 cm³/mol. The van der Waals surface area contributed by atoms with Crippen LogP contribution < -0.4 is 5.32 Å². The first-order chi connectivity index (χ1) is 13.5. The molecule has 0 spiro atoms. The normalized spacial score (nSPS) is 11.9. The first kappa shape index (κ1) is 20.3. The molecule has 1 unspecified atom stereocenters. The predicted octanol–water partition coefficient (Wildman–Crippen LogP) is 4.69. The van der Waals surface area contributed by atoms with Crippen LogP contribution >= 0.6 is 22.9 Å². The molecule has 0 fully saturated rings. The number of hydrogen-bond acceptors (Lipinski definition) is 5. The molecule has 0 aliphatic carbocycles. The van der Waals surface area contributed by atoms with Gasteiger partial charge >= 0.3 is 5.97 Å². The number of nitrogens with zero attached hydrogens (tertiary/aromatic N) is 1. The molecule has 0 aliphatic heterocycles. The Hall–Kier alpha value is -2.44. The fourth-order valence-electron chi connectivity index (χ4n) is 2.89. The van der Waals surface area contributed by atoms with Gasteiger partial charge in [-0.2, -0.15) is 0 Å². The maximum absolute atomic E-state index is 12.4. The Kier molecular flexibility index (Phi) is 7.01. The average molecular weight is 417 g/mol. The van der Waals surface area contributed by atoms with E-state index in [0.29, 0.717) is 17.9 Å². The smallest absolute Gasteiger partial charge is 0.307 e. The molecule has 0 aliphatic rings. The van der Waals surface area contributed by atoms with Crippen LogP contribution in [-0.4, -0.2) is 24.0 Å². The number of carbonyl (C=O) groups excluding carboxylic acids is 2. The van der Waals surface area contributed by atoms with Gasteiger partial charge < -0.3 is 10.1 Å². The van der Waals surface area contributed by atoms with Gasteiger partial charge in [0.1, 0.15) is 0 Å². The number of aromatic nitrogens is 1. The summed E-state index contributed by atoms with van der Waals surface area (Å²) in [6.45, 7) is 0. The molecule has 0 radical (unpaired) electrons. The van der Waals surface area contributed by atoms with E-state index < -0.39 is 6.04 Å². The molecule has 1 N–H and O–H groups in total. The zero-order valence-corrected chi connectivity index (χ0v) is 17.1. The molecule has 3 rings (SSSR count). The summed E-state index contributed by atoms with van der Waals surface area (Å²) in [6, 6.07) is 14.6. The average Bonchev–Trinajstić information content (AvgIpc) is 3.10. The molecule has 1 heterocycles. The van der Waals surface area contributed by atoms with Gasteiger partial charge in [-0.3, -0.25) is 9.59 Å². The highest BCUT2D eigenvalue weighted by Crippen LogP contribution is 2.23. The lowest BCUT2D eigenvalue weighted by Crippen LogP contribution is -2.30. The van der Waals surface area contributed by atoms with E-state index in [1.807, 2.05) is 24.3 Å². The minimum atomic E-state index is -0.445. The summed E-state index contributed by atoms with van der Waals surface area (Å²) in [5, 5.41) is 4.56. The van der Waals surface area contributed by atoms with E-state index in [0.717, 1.165) is 27.2 Å². The number of thiazole rings is 1. The third-order valence-electron chi connectivity index (χ3n) is 4.34. The summed E-state index contributed by atoms with van der Waals surface area (Å²) in [7, 11) is 1.33. The van der Waals surface area contributed by atoms with Crippen LogP contribution in [0.3, 0.4) is 0 Å². The van der Waals surface area contributed by atoms with Crippen molar-refractivity contribution >= 4 is 45.0 Å². The standard InChI is InChI=1S/C21H21ClN2O3S/c1-27-21(26)13-17(14-9-11-15(22)12-10-14)23-19(25)7-4-8-20-24-16-5-2-3-6-18(16)28-20/h2-3,5-6,9-12,17H,4,7-8,13H2,1H3,(H,23,25). The van der Waals surface area contributed by atoms with Gasteiger partial charge in [0.05, 0.1) is 34.8 Å². The second-order valence-corrected chi connectivity index (χ2v) is 7.93. The van der Waals surface area contributed by atoms with Crippen LogP contribution in [0.5, 0.6) is 0 Å². The third-order valence-corrected chi connectivity index (χ3v) is 5.69. The maximum atomic E-state index is 12.4. The largest absolute Gasteiger partial charge is 0.469 e. The van der Waals surface area contributed by atoms with Crippen LogP contribution in [0.1, 0.15) is 35.9 Å². The molecule has 0 bridgehead atoms. The van der Waals surface area contributed by atoms with Crippen molar-refractivity contribution < 1.29 is 14.3 Å². The number of ether oxygens (including phenoxy) is 1. The number of amides is 1. The van der Waals surface area contributed by atoms with Crippen molar-refractivity contribution in [1.82, 2.24) is 10.3 Å². The van der Waals surface area contributed by atoms with Gasteiger partial charge in [-0.15, -0.1) is 11.3 Å². The first-order valence-electron chi connectivity index (χ1n) is 9.01. The van der Waals surface area contributed by atoms with Gasteiger partial charge in [-0.1, -0.05) is 35.9 Å². The number of methoxy groups -OCH3 is 1. The van der Waals surface area contributed by atoms with Crippen LogP contribution in [0.4, 0.5) is 0 Å². The van der Waals surface area contributed by atoms with Gasteiger partial charge in [0, 0.05) is 11.4 Å². The highest BCUT2D eigenvalue weighted by atomic mass is 35.5. The zero-order valence-electron chi connectivity index (χ0n) is 15.5. The van der Waals surface area contributed by atoms with Crippen LogP contribution in [0.2, 0.25) is 5.02 Å². The quantitative estimate of drug-likeness (QED) is 0.541. The molecule has 2 aromatic carbocycles. The van der Waals surface area contributed by atoms with Crippen molar-refractivity contribution in [1.29, 1.82) is 0 Å². The summed E-state index contributed by atoms with van der Waals surface area (Å²) in [4.78, 5) is 28.7. The number of carbonyl (C=O) groups is 2. The van der Waals surface area contributed by atoms with E-state index in [4.69, 9.17) is 16.3 Å². The molecule has 28 heavy (non-hydrogen) atoms. The van der Waals surface area contributed by atoms with Crippen molar-refractivity contribution in [2.75, 3.05) is 7.11 Å². The lowest BCUT2D eigenvalue weighted by atomic mass is 10.0. The van der Waals surface area contributed by atoms with E-state index in [2.05, 4.69) is 10.3 Å². The van der Waals surface area contributed by atoms with Crippen molar-refractivity contribution in [2.24, 2.45) is 0 Å². The number of nitrogens with one attached hydrogen (secondary N) is 1. The summed E-state index contributed by atoms with van der Waals surface area (Å²) >= 11 is 7.58. The van der Waals surface area contributed by atoms with Gasteiger partial charge in [0.25, 0.3) is 0 Å². The van der Waals surface area contributed by atoms with Crippen LogP contribution in [0.15, 0.2) is 48.5 Å². The number of esters is 1. The number of fused-ring (bicyclic) bond motifs is 1. The number of halogens is 1. The molecular weight excluding hydrogens is 396 g/mol. The fraction of sp³-hybridized carbons (Fsp3) is 0.286. The van der Waals surface area contributed by atoms with Gasteiger partial charge in [-0.25, -0.2) is 4.98 Å². The third kappa shape index (κ3) is 5.53. The SMILES string of the molecule is COC(=O)CC(NC(=O)CCCc1nc2ccccc2s1)c1ccc(Cl)cc1. The second-order valence-electron chi connectivity index (χ2n) is 6.38. The summed E-state index contributed by atoms with van der Waals surface area (Å²) in [5.41, 5.74) is 1.81. The Balaban J connectivity index is 1.56. The summed E-state index contributed by atoms with van der Waals surface area (Å²) < 4.78 is 5.91. The molecule has 3 aromatic rings. The highest BCUT2D eigenvalue weighted by molar-refractivity contribution is 7.18. The Labute approximate surface area is 172 Å². The number of aryl methyl sites for hydroxylation is 1. The topological polar surface area (TPSA) is 68.3 Å². The number of benzene rings is 2. The zero-order chi connectivity index (χ0) is 19.9. The summed E-state index contributed by atoms with van der Waals surface area (Å²) in [5.74, 6) is -0.486. The van der Waals surface area contributed by atoms with E-state index in [1.54, 1.807) is 35.6 Å². The Morgan fingerprint density at radius 2 is 1.93 bits per heavy atom. The molecule has 0 saturated carbocycles. The number of hydrogen-bond donors (Lipinski definition) is 1. The number of para-hydroxylation sites is 1. The fourth-order valence-corrected chi connectivity index (χ4v) is 4.03. The lowest BCUT2D eigenvalue weighted by Gasteiger charge is -2.18.